The summed E-state index contributed by atoms with van der Waals surface area (Å²) < 4.78 is 11.2. The average Bonchev–Trinajstić information content (AvgIpc) is 3.21. The van der Waals surface area contributed by atoms with Gasteiger partial charge in [0.15, 0.2) is 5.11 Å². The maximum Gasteiger partial charge on any atom is 0.253 e. The van der Waals surface area contributed by atoms with Gasteiger partial charge in [0.1, 0.15) is 0 Å². The van der Waals surface area contributed by atoms with Crippen molar-refractivity contribution in [1.82, 2.24) is 15.2 Å². The van der Waals surface area contributed by atoms with Gasteiger partial charge in [-0.3, -0.25) is 4.79 Å². The summed E-state index contributed by atoms with van der Waals surface area (Å²) in [5.41, 5.74) is 3.81. The molecule has 1 atom stereocenters. The highest BCUT2D eigenvalue weighted by Crippen LogP contribution is 2.19. The van der Waals surface area contributed by atoms with Crippen molar-refractivity contribution in [3.63, 3.8) is 0 Å². The standard InChI is InChI=1S/C23H33N3O3S/c1-4-28-9-6-8-24-23(30)26(15-20-7-5-10-29-20)14-19-13-18-12-16(2)11-17(3)21(18)25-22(19)27/h11-13,20H,4-10,14-15H2,1-3H3,(H,24,30)(H,25,27). The van der Waals surface area contributed by atoms with Gasteiger partial charge in [0.25, 0.3) is 5.56 Å². The fourth-order valence-corrected chi connectivity index (χ4v) is 4.18. The Kier molecular flexibility index (Phi) is 8.24. The van der Waals surface area contributed by atoms with Gasteiger partial charge in [0, 0.05) is 38.5 Å². The Morgan fingerprint density at radius 1 is 1.37 bits per heavy atom. The number of aromatic amines is 1. The van der Waals surface area contributed by atoms with E-state index in [1.54, 1.807) is 0 Å². The van der Waals surface area contributed by atoms with Gasteiger partial charge in [-0.05, 0) is 75.3 Å². The minimum atomic E-state index is -0.0639. The lowest BCUT2D eigenvalue weighted by Crippen LogP contribution is -2.44. The molecule has 1 aliphatic heterocycles. The molecule has 30 heavy (non-hydrogen) atoms. The molecule has 0 radical (unpaired) electrons. The molecule has 1 fully saturated rings. The van der Waals surface area contributed by atoms with E-state index in [9.17, 15) is 4.79 Å². The molecule has 1 aromatic heterocycles. The first-order chi connectivity index (χ1) is 14.5. The second-order valence-electron chi connectivity index (χ2n) is 7.97. The molecule has 0 amide bonds. The van der Waals surface area contributed by atoms with Crippen LogP contribution in [0.1, 0.15) is 42.9 Å². The van der Waals surface area contributed by atoms with Gasteiger partial charge in [0.05, 0.1) is 18.2 Å². The van der Waals surface area contributed by atoms with Gasteiger partial charge in [-0.25, -0.2) is 0 Å². The summed E-state index contributed by atoms with van der Waals surface area (Å²) in [6, 6.07) is 6.19. The molecule has 164 valence electrons. The van der Waals surface area contributed by atoms with Crippen LogP contribution in [0, 0.1) is 13.8 Å². The number of thiocarbonyl (C=S) groups is 1. The smallest absolute Gasteiger partial charge is 0.253 e. The molecule has 0 saturated carbocycles. The molecule has 1 aromatic carbocycles. The maximum atomic E-state index is 12.8. The van der Waals surface area contributed by atoms with Crippen LogP contribution < -0.4 is 10.9 Å². The number of nitrogens with one attached hydrogen (secondary N) is 2. The predicted molar refractivity (Wildman–Crippen MR) is 125 cm³/mol. The number of H-pyrrole nitrogens is 1. The highest BCUT2D eigenvalue weighted by Gasteiger charge is 2.22. The minimum Gasteiger partial charge on any atom is -0.382 e. The lowest BCUT2D eigenvalue weighted by Gasteiger charge is -2.28. The molecular formula is C23H33N3O3S. The summed E-state index contributed by atoms with van der Waals surface area (Å²) in [7, 11) is 0. The number of aryl methyl sites for hydroxylation is 2. The first kappa shape index (κ1) is 22.7. The highest BCUT2D eigenvalue weighted by molar-refractivity contribution is 7.80. The normalized spacial score (nSPS) is 16.2. The number of ether oxygens (including phenoxy) is 2. The van der Waals surface area contributed by atoms with E-state index in [-0.39, 0.29) is 11.7 Å². The van der Waals surface area contributed by atoms with Crippen LogP contribution in [-0.2, 0) is 16.0 Å². The lowest BCUT2D eigenvalue weighted by atomic mass is 10.1. The molecule has 1 unspecified atom stereocenters. The van der Waals surface area contributed by atoms with Gasteiger partial charge in [0.2, 0.25) is 0 Å². The molecular weight excluding hydrogens is 398 g/mol. The van der Waals surface area contributed by atoms with E-state index in [2.05, 4.69) is 34.3 Å². The first-order valence-corrected chi connectivity index (χ1v) is 11.2. The fraction of sp³-hybridized carbons (Fsp3) is 0.565. The number of benzene rings is 1. The Balaban J connectivity index is 1.76. The van der Waals surface area contributed by atoms with E-state index >= 15 is 0 Å². The van der Waals surface area contributed by atoms with Gasteiger partial charge < -0.3 is 24.7 Å². The molecule has 2 aromatic rings. The van der Waals surface area contributed by atoms with Crippen LogP contribution in [-0.4, -0.2) is 54.0 Å². The van der Waals surface area contributed by atoms with E-state index in [0.717, 1.165) is 55.5 Å². The number of pyridine rings is 1. The summed E-state index contributed by atoms with van der Waals surface area (Å²) in [5, 5.41) is 5.03. The number of hydrogen-bond donors (Lipinski definition) is 2. The van der Waals surface area contributed by atoms with Crippen LogP contribution in [0.2, 0.25) is 0 Å². The number of rotatable bonds is 9. The van der Waals surface area contributed by atoms with Crippen LogP contribution in [0.4, 0.5) is 0 Å². The molecule has 1 saturated heterocycles. The monoisotopic (exact) mass is 431 g/mol. The van der Waals surface area contributed by atoms with E-state index < -0.39 is 0 Å². The topological polar surface area (TPSA) is 66.6 Å². The van der Waals surface area contributed by atoms with Crippen molar-refractivity contribution < 1.29 is 9.47 Å². The molecule has 1 aliphatic rings. The van der Waals surface area contributed by atoms with Crippen LogP contribution in [0.25, 0.3) is 10.9 Å². The first-order valence-electron chi connectivity index (χ1n) is 10.8. The molecule has 2 heterocycles. The Bertz CT molecular complexity index is 922. The predicted octanol–water partition coefficient (Wildman–Crippen LogP) is 3.43. The van der Waals surface area contributed by atoms with E-state index in [0.29, 0.717) is 30.4 Å². The summed E-state index contributed by atoms with van der Waals surface area (Å²) in [4.78, 5) is 17.9. The van der Waals surface area contributed by atoms with Crippen molar-refractivity contribution >= 4 is 28.2 Å². The lowest BCUT2D eigenvalue weighted by molar-refractivity contribution is 0.0896. The van der Waals surface area contributed by atoms with Gasteiger partial charge in [-0.1, -0.05) is 11.6 Å². The largest absolute Gasteiger partial charge is 0.382 e. The minimum absolute atomic E-state index is 0.0639. The average molecular weight is 432 g/mol. The Labute approximate surface area is 183 Å². The van der Waals surface area contributed by atoms with E-state index in [1.165, 1.54) is 5.56 Å². The SMILES string of the molecule is CCOCCCNC(=S)N(Cc1cc2cc(C)cc(C)c2[nH]c1=O)CC1CCCO1. The van der Waals surface area contributed by atoms with Gasteiger partial charge in [-0.2, -0.15) is 0 Å². The van der Waals surface area contributed by atoms with Crippen molar-refractivity contribution in [2.75, 3.05) is 32.9 Å². The Hall–Kier alpha value is -1.96. The zero-order valence-corrected chi connectivity index (χ0v) is 19.1. The molecule has 6 nitrogen and oxygen atoms in total. The van der Waals surface area contributed by atoms with Crippen molar-refractivity contribution in [2.24, 2.45) is 0 Å². The number of aromatic nitrogens is 1. The van der Waals surface area contributed by atoms with Crippen molar-refractivity contribution in [3.8, 4) is 0 Å². The second kappa shape index (κ2) is 10.9. The number of nitrogens with zero attached hydrogens (tertiary/aromatic N) is 1. The van der Waals surface area contributed by atoms with E-state index in [4.69, 9.17) is 21.7 Å². The van der Waals surface area contributed by atoms with Crippen LogP contribution in [0.5, 0.6) is 0 Å². The van der Waals surface area contributed by atoms with Crippen molar-refractivity contribution in [2.45, 2.75) is 52.7 Å². The zero-order chi connectivity index (χ0) is 21.5. The molecule has 7 heteroatoms. The van der Waals surface area contributed by atoms with Crippen LogP contribution in [0.3, 0.4) is 0 Å². The van der Waals surface area contributed by atoms with Crippen LogP contribution >= 0.6 is 12.2 Å². The Morgan fingerprint density at radius 3 is 2.93 bits per heavy atom. The van der Waals surface area contributed by atoms with Gasteiger partial charge >= 0.3 is 0 Å². The molecule has 0 aliphatic carbocycles. The third kappa shape index (κ3) is 6.03. The van der Waals surface area contributed by atoms with Crippen LogP contribution in [0.15, 0.2) is 23.0 Å². The highest BCUT2D eigenvalue weighted by atomic mass is 32.1. The second-order valence-corrected chi connectivity index (χ2v) is 8.35. The van der Waals surface area contributed by atoms with Gasteiger partial charge in [-0.15, -0.1) is 0 Å². The Morgan fingerprint density at radius 2 is 2.20 bits per heavy atom. The molecule has 0 bridgehead atoms. The van der Waals surface area contributed by atoms with E-state index in [1.807, 2.05) is 19.9 Å². The summed E-state index contributed by atoms with van der Waals surface area (Å²) >= 11 is 5.67. The third-order valence-electron chi connectivity index (χ3n) is 5.41. The fourth-order valence-electron chi connectivity index (χ4n) is 3.93. The molecule has 2 N–H and O–H groups in total. The number of hydrogen-bond acceptors (Lipinski definition) is 4. The summed E-state index contributed by atoms with van der Waals surface area (Å²) in [6.07, 6.45) is 3.13. The van der Waals surface area contributed by atoms with Crippen molar-refractivity contribution in [3.05, 3.63) is 45.2 Å². The van der Waals surface area contributed by atoms with Crippen molar-refractivity contribution in [1.29, 1.82) is 0 Å². The number of fused-ring (bicyclic) bond motifs is 1. The molecule has 3 rings (SSSR count). The third-order valence-corrected chi connectivity index (χ3v) is 5.82. The molecule has 0 spiro atoms. The summed E-state index contributed by atoms with van der Waals surface area (Å²) in [6.45, 7) is 10.2. The summed E-state index contributed by atoms with van der Waals surface area (Å²) in [5.74, 6) is 0. The quantitative estimate of drug-likeness (QED) is 0.468. The zero-order valence-electron chi connectivity index (χ0n) is 18.3. The maximum absolute atomic E-state index is 12.8.